The van der Waals surface area contributed by atoms with E-state index >= 15 is 0 Å². The molecule has 4 nitrogen and oxygen atoms in total. The van der Waals surface area contributed by atoms with Crippen molar-refractivity contribution in [2.45, 2.75) is 13.5 Å². The number of rotatable bonds is 2. The maximum absolute atomic E-state index is 11.1. The number of para-hydroxylation sites is 2. The van der Waals surface area contributed by atoms with E-state index in [1.807, 2.05) is 35.8 Å². The van der Waals surface area contributed by atoms with Crippen molar-refractivity contribution in [1.82, 2.24) is 9.55 Å². The highest BCUT2D eigenvalue weighted by Crippen LogP contribution is 2.15. The molecule has 1 heterocycles. The fraction of sp³-hybridized carbons (Fsp3) is 0.200. The van der Waals surface area contributed by atoms with E-state index < -0.39 is 5.91 Å². The molecule has 0 radical (unpaired) electrons. The Labute approximate surface area is 81.3 Å². The molecule has 0 aliphatic heterocycles. The lowest BCUT2D eigenvalue weighted by Crippen LogP contribution is -2.17. The summed E-state index contributed by atoms with van der Waals surface area (Å²) in [5.74, 6) is -0.156. The highest BCUT2D eigenvalue weighted by Gasteiger charge is 2.12. The van der Waals surface area contributed by atoms with Crippen molar-refractivity contribution in [2.75, 3.05) is 0 Å². The van der Waals surface area contributed by atoms with Gasteiger partial charge in [0.05, 0.1) is 11.0 Å². The van der Waals surface area contributed by atoms with Crippen molar-refractivity contribution in [3.05, 3.63) is 30.1 Å². The number of aromatic nitrogens is 2. The first-order chi connectivity index (χ1) is 6.74. The van der Waals surface area contributed by atoms with Gasteiger partial charge in [-0.05, 0) is 19.1 Å². The summed E-state index contributed by atoms with van der Waals surface area (Å²) in [5.41, 5.74) is 6.99. The second-order valence-corrected chi connectivity index (χ2v) is 3.03. The van der Waals surface area contributed by atoms with Crippen LogP contribution in [0.3, 0.4) is 0 Å². The third-order valence-electron chi connectivity index (χ3n) is 2.19. The van der Waals surface area contributed by atoms with Gasteiger partial charge >= 0.3 is 0 Å². The molecule has 2 rings (SSSR count). The third kappa shape index (κ3) is 1.16. The number of benzene rings is 1. The molecule has 2 aromatic rings. The second kappa shape index (κ2) is 3.14. The number of carbonyl (C=O) groups is 1. The molecule has 0 atom stereocenters. The zero-order valence-corrected chi connectivity index (χ0v) is 7.90. The molecule has 1 aromatic carbocycles. The van der Waals surface area contributed by atoms with Gasteiger partial charge in [0.25, 0.3) is 5.91 Å². The predicted octanol–water partition coefficient (Wildman–Crippen LogP) is 1.16. The Hall–Kier alpha value is -1.84. The van der Waals surface area contributed by atoms with Crippen LogP contribution >= 0.6 is 0 Å². The second-order valence-electron chi connectivity index (χ2n) is 3.03. The molecule has 0 saturated carbocycles. The monoisotopic (exact) mass is 189 g/mol. The van der Waals surface area contributed by atoms with Crippen LogP contribution in [-0.2, 0) is 6.54 Å². The van der Waals surface area contributed by atoms with Crippen molar-refractivity contribution < 1.29 is 4.79 Å². The van der Waals surface area contributed by atoms with Gasteiger partial charge in [0.15, 0.2) is 5.82 Å². The van der Waals surface area contributed by atoms with E-state index in [0.717, 1.165) is 11.0 Å². The molecule has 1 aromatic heterocycles. The van der Waals surface area contributed by atoms with Gasteiger partial charge in [-0.2, -0.15) is 0 Å². The number of nitrogens with two attached hydrogens (primary N) is 1. The summed E-state index contributed by atoms with van der Waals surface area (Å²) < 4.78 is 1.82. The number of primary amides is 1. The summed E-state index contributed by atoms with van der Waals surface area (Å²) in [6, 6.07) is 7.60. The highest BCUT2D eigenvalue weighted by atomic mass is 16.1. The molecule has 4 heteroatoms. The molecule has 0 aliphatic carbocycles. The molecule has 0 fully saturated rings. The number of nitrogens with zero attached hydrogens (tertiary/aromatic N) is 2. The molecular weight excluding hydrogens is 178 g/mol. The minimum absolute atomic E-state index is 0.328. The lowest BCUT2D eigenvalue weighted by molar-refractivity contribution is 0.0987. The summed E-state index contributed by atoms with van der Waals surface area (Å²) in [6.07, 6.45) is 0. The van der Waals surface area contributed by atoms with Gasteiger partial charge < -0.3 is 10.3 Å². The van der Waals surface area contributed by atoms with E-state index in [1.165, 1.54) is 0 Å². The van der Waals surface area contributed by atoms with Gasteiger partial charge in [-0.3, -0.25) is 4.79 Å². The molecule has 0 aliphatic rings. The van der Waals surface area contributed by atoms with E-state index in [9.17, 15) is 4.79 Å². The fourth-order valence-corrected chi connectivity index (χ4v) is 1.58. The van der Waals surface area contributed by atoms with Crippen molar-refractivity contribution in [2.24, 2.45) is 5.73 Å². The Morgan fingerprint density at radius 2 is 2.21 bits per heavy atom. The Bertz CT molecular complexity index is 487. The van der Waals surface area contributed by atoms with Crippen LogP contribution in [-0.4, -0.2) is 15.5 Å². The first-order valence-corrected chi connectivity index (χ1v) is 4.49. The van der Waals surface area contributed by atoms with E-state index in [4.69, 9.17) is 5.73 Å². The van der Waals surface area contributed by atoms with E-state index in [0.29, 0.717) is 12.4 Å². The lowest BCUT2D eigenvalue weighted by atomic mass is 10.3. The van der Waals surface area contributed by atoms with Gasteiger partial charge in [-0.25, -0.2) is 4.98 Å². The van der Waals surface area contributed by atoms with Crippen molar-refractivity contribution in [3.8, 4) is 0 Å². The number of fused-ring (bicyclic) bond motifs is 1. The van der Waals surface area contributed by atoms with Crippen LogP contribution in [0.4, 0.5) is 0 Å². The molecule has 72 valence electrons. The third-order valence-corrected chi connectivity index (χ3v) is 2.19. The van der Waals surface area contributed by atoms with Gasteiger partial charge in [-0.15, -0.1) is 0 Å². The number of carbonyl (C=O) groups excluding carboxylic acids is 1. The summed E-state index contributed by atoms with van der Waals surface area (Å²) in [5, 5.41) is 0. The van der Waals surface area contributed by atoms with Gasteiger partial charge in [0, 0.05) is 6.54 Å². The normalized spacial score (nSPS) is 10.6. The quantitative estimate of drug-likeness (QED) is 0.770. The molecule has 2 N–H and O–H groups in total. The average molecular weight is 189 g/mol. The Kier molecular flexibility index (Phi) is 1.96. The molecule has 0 spiro atoms. The zero-order valence-electron chi connectivity index (χ0n) is 7.90. The molecule has 0 bridgehead atoms. The summed E-state index contributed by atoms with van der Waals surface area (Å²) in [7, 11) is 0. The molecule has 0 unspecified atom stereocenters. The summed E-state index contributed by atoms with van der Waals surface area (Å²) in [6.45, 7) is 2.65. The first-order valence-electron chi connectivity index (χ1n) is 4.49. The lowest BCUT2D eigenvalue weighted by Gasteiger charge is -2.01. The number of amides is 1. The number of hydrogen-bond donors (Lipinski definition) is 1. The molecular formula is C10H11N3O. The van der Waals surface area contributed by atoms with Crippen LogP contribution in [0.15, 0.2) is 24.3 Å². The molecule has 0 saturated heterocycles. The van der Waals surface area contributed by atoms with E-state index in [2.05, 4.69) is 4.98 Å². The highest BCUT2D eigenvalue weighted by molar-refractivity contribution is 5.93. The van der Waals surface area contributed by atoms with Crippen LogP contribution in [0.2, 0.25) is 0 Å². The Morgan fingerprint density at radius 1 is 1.50 bits per heavy atom. The van der Waals surface area contributed by atoms with Gasteiger partial charge in [0.2, 0.25) is 0 Å². The zero-order chi connectivity index (χ0) is 10.1. The van der Waals surface area contributed by atoms with E-state index in [-0.39, 0.29) is 0 Å². The first kappa shape index (κ1) is 8.74. The fourth-order valence-electron chi connectivity index (χ4n) is 1.58. The predicted molar refractivity (Wildman–Crippen MR) is 53.9 cm³/mol. The van der Waals surface area contributed by atoms with Crippen molar-refractivity contribution in [3.63, 3.8) is 0 Å². The largest absolute Gasteiger partial charge is 0.363 e. The van der Waals surface area contributed by atoms with Crippen LogP contribution in [0, 0.1) is 0 Å². The number of hydrogen-bond acceptors (Lipinski definition) is 2. The van der Waals surface area contributed by atoms with E-state index in [1.54, 1.807) is 0 Å². The SMILES string of the molecule is CCn1c(C(N)=O)nc2ccccc21. The Balaban J connectivity index is 2.78. The number of imidazole rings is 1. The summed E-state index contributed by atoms with van der Waals surface area (Å²) >= 11 is 0. The maximum atomic E-state index is 11.1. The minimum atomic E-state index is -0.483. The topological polar surface area (TPSA) is 60.9 Å². The smallest absolute Gasteiger partial charge is 0.284 e. The minimum Gasteiger partial charge on any atom is -0.363 e. The maximum Gasteiger partial charge on any atom is 0.284 e. The van der Waals surface area contributed by atoms with Gasteiger partial charge in [-0.1, -0.05) is 12.1 Å². The average Bonchev–Trinajstić information content (AvgIpc) is 2.56. The standard InChI is InChI=1S/C10H11N3O/c1-2-13-8-6-4-3-5-7(8)12-10(13)9(11)14/h3-6H,2H2,1H3,(H2,11,14). The van der Waals surface area contributed by atoms with Crippen molar-refractivity contribution in [1.29, 1.82) is 0 Å². The molecule has 14 heavy (non-hydrogen) atoms. The van der Waals surface area contributed by atoms with Crippen LogP contribution < -0.4 is 5.73 Å². The van der Waals surface area contributed by atoms with Crippen LogP contribution in [0.1, 0.15) is 17.5 Å². The van der Waals surface area contributed by atoms with Gasteiger partial charge in [0.1, 0.15) is 0 Å². The number of aryl methyl sites for hydroxylation is 1. The van der Waals surface area contributed by atoms with Crippen LogP contribution in [0.5, 0.6) is 0 Å². The molecule has 1 amide bonds. The van der Waals surface area contributed by atoms with Crippen molar-refractivity contribution >= 4 is 16.9 Å². The summed E-state index contributed by atoms with van der Waals surface area (Å²) in [4.78, 5) is 15.3. The Morgan fingerprint density at radius 3 is 2.86 bits per heavy atom. The van der Waals surface area contributed by atoms with Crippen LogP contribution in [0.25, 0.3) is 11.0 Å².